The summed E-state index contributed by atoms with van der Waals surface area (Å²) in [5.74, 6) is 0.651. The summed E-state index contributed by atoms with van der Waals surface area (Å²) in [5.41, 5.74) is 0. The summed E-state index contributed by atoms with van der Waals surface area (Å²) >= 11 is 0. The molecule has 1 radical (unpaired) electrons. The Labute approximate surface area is 56.2 Å². The zero-order chi connectivity index (χ0) is 7.11. The first kappa shape index (κ1) is 8.47. The van der Waals surface area contributed by atoms with Gasteiger partial charge in [0.2, 0.25) is 0 Å². The van der Waals surface area contributed by atoms with Crippen molar-refractivity contribution in [3.63, 3.8) is 0 Å². The van der Waals surface area contributed by atoms with E-state index < -0.39 is 0 Å². The van der Waals surface area contributed by atoms with E-state index in [2.05, 4.69) is 18.6 Å². The molecule has 1 atom stereocenters. The average molecular weight is 129 g/mol. The van der Waals surface area contributed by atoms with Gasteiger partial charge in [-0.1, -0.05) is 20.3 Å². The normalized spacial score (nSPS) is 12.7. The molecule has 0 saturated heterocycles. The van der Waals surface area contributed by atoms with Gasteiger partial charge in [-0.15, -0.1) is 0 Å². The van der Waals surface area contributed by atoms with E-state index in [0.717, 1.165) is 12.8 Å². The maximum Gasteiger partial charge on any atom is 0.417 e. The van der Waals surface area contributed by atoms with E-state index in [9.17, 15) is 4.79 Å². The molecule has 0 heterocycles. The minimum Gasteiger partial charge on any atom is -0.457 e. The van der Waals surface area contributed by atoms with Gasteiger partial charge >= 0.3 is 6.47 Å². The highest BCUT2D eigenvalue weighted by molar-refractivity contribution is 5.37. The van der Waals surface area contributed by atoms with Crippen LogP contribution in [-0.2, 0) is 9.53 Å². The fraction of sp³-hybridized carbons (Fsp3) is 0.857. The Morgan fingerprint density at radius 2 is 2.33 bits per heavy atom. The van der Waals surface area contributed by atoms with Gasteiger partial charge in [0.25, 0.3) is 0 Å². The molecule has 0 aromatic carbocycles. The average Bonchev–Trinajstić information content (AvgIpc) is 1.89. The van der Waals surface area contributed by atoms with Crippen LogP contribution in [0.2, 0.25) is 0 Å². The lowest BCUT2D eigenvalue weighted by atomic mass is 10.1. The second-order valence-corrected chi connectivity index (χ2v) is 2.23. The van der Waals surface area contributed by atoms with Crippen molar-refractivity contribution in [3.05, 3.63) is 0 Å². The molecule has 0 aromatic rings. The van der Waals surface area contributed by atoms with Crippen molar-refractivity contribution in [2.45, 2.75) is 26.7 Å². The summed E-state index contributed by atoms with van der Waals surface area (Å²) in [6, 6.07) is 0. The van der Waals surface area contributed by atoms with Gasteiger partial charge in [-0.25, -0.2) is 4.79 Å². The molecular formula is C7H13O2. The Bertz CT molecular complexity index is 71.3. The zero-order valence-electron chi connectivity index (χ0n) is 6.02. The van der Waals surface area contributed by atoms with E-state index in [1.807, 2.05) is 0 Å². The summed E-state index contributed by atoms with van der Waals surface area (Å²) in [4.78, 5) is 9.53. The minimum absolute atomic E-state index is 0.512. The third kappa shape index (κ3) is 5.34. The Kier molecular flexibility index (Phi) is 5.27. The van der Waals surface area contributed by atoms with E-state index >= 15 is 0 Å². The van der Waals surface area contributed by atoms with Crippen molar-refractivity contribution in [2.24, 2.45) is 5.92 Å². The molecule has 0 amide bonds. The maximum absolute atomic E-state index is 9.53. The van der Waals surface area contributed by atoms with Crippen LogP contribution < -0.4 is 0 Å². The maximum atomic E-state index is 9.53. The van der Waals surface area contributed by atoms with Crippen LogP contribution in [0.5, 0.6) is 0 Å². The molecule has 0 saturated carbocycles. The Hall–Kier alpha value is -0.530. The highest BCUT2D eigenvalue weighted by Crippen LogP contribution is 2.04. The lowest BCUT2D eigenvalue weighted by molar-refractivity contribution is 0.251. The molecular weight excluding hydrogens is 116 g/mol. The lowest BCUT2D eigenvalue weighted by Gasteiger charge is -2.04. The highest BCUT2D eigenvalue weighted by Gasteiger charge is 1.96. The first-order valence-corrected chi connectivity index (χ1v) is 3.30. The Balaban J connectivity index is 2.96. The fourth-order valence-electron chi connectivity index (χ4n) is 0.506. The third-order valence-corrected chi connectivity index (χ3v) is 1.47. The molecule has 0 N–H and O–H groups in total. The van der Waals surface area contributed by atoms with Gasteiger partial charge in [-0.3, -0.25) is 0 Å². The molecule has 53 valence electrons. The van der Waals surface area contributed by atoms with E-state index in [-0.39, 0.29) is 0 Å². The van der Waals surface area contributed by atoms with Crippen molar-refractivity contribution in [3.8, 4) is 0 Å². The minimum atomic E-state index is 0.512. The summed E-state index contributed by atoms with van der Waals surface area (Å²) in [6.07, 6.45) is 2.09. The van der Waals surface area contributed by atoms with Crippen molar-refractivity contribution in [1.82, 2.24) is 0 Å². The molecule has 1 unspecified atom stereocenters. The summed E-state index contributed by atoms with van der Waals surface area (Å²) in [6.45, 7) is 6.16. The molecule has 0 fully saturated rings. The molecule has 0 aliphatic rings. The Morgan fingerprint density at radius 1 is 1.67 bits per heavy atom. The second-order valence-electron chi connectivity index (χ2n) is 2.23. The summed E-state index contributed by atoms with van der Waals surface area (Å²) in [7, 11) is 0. The first-order valence-electron chi connectivity index (χ1n) is 3.30. The van der Waals surface area contributed by atoms with Crippen molar-refractivity contribution in [1.29, 1.82) is 0 Å². The van der Waals surface area contributed by atoms with Crippen LogP contribution in [0.3, 0.4) is 0 Å². The predicted molar refractivity (Wildman–Crippen MR) is 35.7 cm³/mol. The van der Waals surface area contributed by atoms with Gasteiger partial charge in [0, 0.05) is 0 Å². The zero-order valence-corrected chi connectivity index (χ0v) is 6.02. The molecule has 0 spiro atoms. The quantitative estimate of drug-likeness (QED) is 0.526. The molecule has 0 aliphatic carbocycles. The van der Waals surface area contributed by atoms with E-state index in [0.29, 0.717) is 12.5 Å². The first-order chi connectivity index (χ1) is 4.31. The van der Waals surface area contributed by atoms with Gasteiger partial charge in [-0.2, -0.15) is 0 Å². The van der Waals surface area contributed by atoms with E-state index in [4.69, 9.17) is 0 Å². The van der Waals surface area contributed by atoms with Crippen molar-refractivity contribution in [2.75, 3.05) is 6.61 Å². The number of ether oxygens (including phenoxy) is 1. The second kappa shape index (κ2) is 5.60. The topological polar surface area (TPSA) is 26.3 Å². The Morgan fingerprint density at radius 3 is 2.78 bits per heavy atom. The third-order valence-electron chi connectivity index (χ3n) is 1.47. The van der Waals surface area contributed by atoms with Crippen LogP contribution in [0.4, 0.5) is 0 Å². The monoisotopic (exact) mass is 129 g/mol. The number of rotatable bonds is 5. The van der Waals surface area contributed by atoms with Gasteiger partial charge in [0.1, 0.15) is 0 Å². The molecule has 9 heavy (non-hydrogen) atoms. The number of hydrogen-bond acceptors (Lipinski definition) is 2. The molecule has 0 aliphatic heterocycles. The van der Waals surface area contributed by atoms with Crippen LogP contribution >= 0.6 is 0 Å². The van der Waals surface area contributed by atoms with Crippen molar-refractivity contribution >= 4 is 6.47 Å². The van der Waals surface area contributed by atoms with Crippen LogP contribution in [-0.4, -0.2) is 13.1 Å². The van der Waals surface area contributed by atoms with Crippen LogP contribution in [0.25, 0.3) is 0 Å². The SMILES string of the molecule is CCC(C)CCO[C]=O. The highest BCUT2D eigenvalue weighted by atomic mass is 16.5. The van der Waals surface area contributed by atoms with Gasteiger partial charge in [0.15, 0.2) is 0 Å². The van der Waals surface area contributed by atoms with Gasteiger partial charge in [-0.05, 0) is 12.3 Å². The molecule has 2 nitrogen and oxygen atoms in total. The van der Waals surface area contributed by atoms with Crippen molar-refractivity contribution < 1.29 is 9.53 Å². The van der Waals surface area contributed by atoms with Crippen LogP contribution in [0, 0.1) is 5.92 Å². The standard InChI is InChI=1S/C7H13O2/c1-3-7(2)4-5-9-6-8/h7H,3-5H2,1-2H3. The fourth-order valence-corrected chi connectivity index (χ4v) is 0.506. The largest absolute Gasteiger partial charge is 0.457 e. The molecule has 0 aromatic heterocycles. The van der Waals surface area contributed by atoms with Crippen LogP contribution in [0.15, 0.2) is 0 Å². The molecule has 0 rings (SSSR count). The molecule has 0 bridgehead atoms. The molecule has 2 heteroatoms. The predicted octanol–water partition coefficient (Wildman–Crippen LogP) is 1.51. The smallest absolute Gasteiger partial charge is 0.417 e. The van der Waals surface area contributed by atoms with Gasteiger partial charge in [0.05, 0.1) is 6.61 Å². The number of hydrogen-bond donors (Lipinski definition) is 0. The van der Waals surface area contributed by atoms with E-state index in [1.54, 1.807) is 0 Å². The van der Waals surface area contributed by atoms with Gasteiger partial charge < -0.3 is 4.74 Å². The lowest BCUT2D eigenvalue weighted by Crippen LogP contribution is -1.98. The summed E-state index contributed by atoms with van der Waals surface area (Å²) in [5, 5.41) is 0. The number of carbonyl (C=O) groups excluding carboxylic acids is 1. The van der Waals surface area contributed by atoms with E-state index in [1.165, 1.54) is 6.47 Å². The van der Waals surface area contributed by atoms with Crippen LogP contribution in [0.1, 0.15) is 26.7 Å². The summed E-state index contributed by atoms with van der Waals surface area (Å²) < 4.78 is 4.40.